The lowest BCUT2D eigenvalue weighted by Gasteiger charge is -2.16. The van der Waals surface area contributed by atoms with Crippen molar-refractivity contribution in [1.82, 2.24) is 4.72 Å². The van der Waals surface area contributed by atoms with Gasteiger partial charge in [0.25, 0.3) is 0 Å². The highest BCUT2D eigenvalue weighted by Crippen LogP contribution is 2.24. The Balaban J connectivity index is 2.24. The van der Waals surface area contributed by atoms with E-state index in [1.54, 1.807) is 31.2 Å². The summed E-state index contributed by atoms with van der Waals surface area (Å²) in [5.74, 6) is -0.110. The van der Waals surface area contributed by atoms with Crippen LogP contribution in [-0.2, 0) is 10.0 Å². The van der Waals surface area contributed by atoms with Crippen LogP contribution in [0, 0.1) is 0 Å². The van der Waals surface area contributed by atoms with E-state index in [1.807, 2.05) is 0 Å². The number of carbonyl (C=O) groups excluding carboxylic acids is 1. The number of carbonyl (C=O) groups is 1. The van der Waals surface area contributed by atoms with E-state index in [-0.39, 0.29) is 10.7 Å². The van der Waals surface area contributed by atoms with Gasteiger partial charge in [-0.05, 0) is 37.6 Å². The molecular formula is C16H16ClNO3S. The highest BCUT2D eigenvalue weighted by Gasteiger charge is 2.19. The maximum Gasteiger partial charge on any atom is 0.241 e. The molecule has 0 aliphatic rings. The zero-order chi connectivity index (χ0) is 16.3. The predicted molar refractivity (Wildman–Crippen MR) is 86.6 cm³/mol. The van der Waals surface area contributed by atoms with Crippen LogP contribution in [-0.4, -0.2) is 14.2 Å². The first-order valence-electron chi connectivity index (χ1n) is 6.69. The third-order valence-corrected chi connectivity index (χ3v) is 5.18. The second kappa shape index (κ2) is 6.60. The molecule has 2 aromatic carbocycles. The molecule has 22 heavy (non-hydrogen) atoms. The Bertz CT molecular complexity index is 785. The number of halogens is 1. The van der Waals surface area contributed by atoms with Gasteiger partial charge in [0.05, 0.1) is 4.90 Å². The van der Waals surface area contributed by atoms with E-state index >= 15 is 0 Å². The zero-order valence-corrected chi connectivity index (χ0v) is 13.8. The van der Waals surface area contributed by atoms with Gasteiger partial charge >= 0.3 is 0 Å². The minimum atomic E-state index is -3.69. The molecule has 0 saturated heterocycles. The Kier molecular flexibility index (Phi) is 5.01. The van der Waals surface area contributed by atoms with Crippen molar-refractivity contribution in [3.63, 3.8) is 0 Å². The fraction of sp³-hybridized carbons (Fsp3) is 0.188. The van der Waals surface area contributed by atoms with Crippen molar-refractivity contribution in [2.45, 2.75) is 24.8 Å². The number of rotatable bonds is 5. The second-order valence-electron chi connectivity index (χ2n) is 4.95. The van der Waals surface area contributed by atoms with Crippen molar-refractivity contribution < 1.29 is 13.2 Å². The lowest BCUT2D eigenvalue weighted by atomic mass is 10.1. The molecule has 0 radical (unpaired) electrons. The largest absolute Gasteiger partial charge is 0.295 e. The molecule has 0 aliphatic carbocycles. The predicted octanol–water partition coefficient (Wildman–Crippen LogP) is 3.58. The van der Waals surface area contributed by atoms with Crippen molar-refractivity contribution in [1.29, 1.82) is 0 Å². The van der Waals surface area contributed by atoms with E-state index in [0.29, 0.717) is 16.1 Å². The minimum Gasteiger partial charge on any atom is -0.295 e. The number of sulfonamides is 1. The number of hydrogen-bond donors (Lipinski definition) is 1. The Hall–Kier alpha value is -1.69. The smallest absolute Gasteiger partial charge is 0.241 e. The molecule has 0 spiro atoms. The number of Topliss-reactive ketones (excluding diaryl/α,β-unsaturated/α-hetero) is 1. The molecule has 2 aromatic rings. The summed E-state index contributed by atoms with van der Waals surface area (Å²) in [7, 11) is -3.69. The lowest BCUT2D eigenvalue weighted by Crippen LogP contribution is -2.27. The Morgan fingerprint density at radius 3 is 2.23 bits per heavy atom. The van der Waals surface area contributed by atoms with Gasteiger partial charge in [-0.2, -0.15) is 0 Å². The average Bonchev–Trinajstić information content (AvgIpc) is 2.47. The molecule has 116 valence electrons. The minimum absolute atomic E-state index is 0.108. The first-order chi connectivity index (χ1) is 10.3. The molecule has 0 unspecified atom stereocenters. The van der Waals surface area contributed by atoms with Crippen LogP contribution in [0.2, 0.25) is 5.02 Å². The summed E-state index contributed by atoms with van der Waals surface area (Å²) in [5, 5.41) is 0.504. The number of ketones is 1. The van der Waals surface area contributed by atoms with Crippen LogP contribution in [0.5, 0.6) is 0 Å². The van der Waals surface area contributed by atoms with Gasteiger partial charge in [-0.3, -0.25) is 4.79 Å². The molecule has 0 amide bonds. The van der Waals surface area contributed by atoms with Crippen LogP contribution in [0.3, 0.4) is 0 Å². The van der Waals surface area contributed by atoms with Crippen LogP contribution in [0.25, 0.3) is 0 Å². The fourth-order valence-corrected chi connectivity index (χ4v) is 3.58. The van der Waals surface area contributed by atoms with Crippen LogP contribution in [0.4, 0.5) is 0 Å². The van der Waals surface area contributed by atoms with Crippen molar-refractivity contribution >= 4 is 27.4 Å². The molecule has 0 aromatic heterocycles. The highest BCUT2D eigenvalue weighted by atomic mass is 35.5. The van der Waals surface area contributed by atoms with Crippen LogP contribution >= 0.6 is 11.6 Å². The van der Waals surface area contributed by atoms with Crippen molar-refractivity contribution in [2.24, 2.45) is 0 Å². The number of hydrogen-bond acceptors (Lipinski definition) is 3. The Morgan fingerprint density at radius 2 is 1.68 bits per heavy atom. The van der Waals surface area contributed by atoms with Gasteiger partial charge in [-0.25, -0.2) is 13.1 Å². The molecule has 1 atom stereocenters. The summed E-state index contributed by atoms with van der Waals surface area (Å²) >= 11 is 6.08. The maximum atomic E-state index is 12.4. The van der Waals surface area contributed by atoms with Gasteiger partial charge in [-0.15, -0.1) is 0 Å². The monoisotopic (exact) mass is 337 g/mol. The summed E-state index contributed by atoms with van der Waals surface area (Å²) < 4.78 is 27.3. The van der Waals surface area contributed by atoms with Crippen LogP contribution in [0.15, 0.2) is 53.4 Å². The maximum absolute atomic E-state index is 12.4. The van der Waals surface area contributed by atoms with Crippen LogP contribution in [0.1, 0.15) is 35.8 Å². The van der Waals surface area contributed by atoms with E-state index in [1.165, 1.54) is 31.2 Å². The first-order valence-corrected chi connectivity index (χ1v) is 8.55. The van der Waals surface area contributed by atoms with Gasteiger partial charge in [0.1, 0.15) is 0 Å². The summed E-state index contributed by atoms with van der Waals surface area (Å²) in [4.78, 5) is 11.3. The van der Waals surface area contributed by atoms with E-state index in [4.69, 9.17) is 11.6 Å². The van der Waals surface area contributed by atoms with Crippen molar-refractivity contribution in [2.75, 3.05) is 0 Å². The Morgan fingerprint density at radius 1 is 1.09 bits per heavy atom. The van der Waals surface area contributed by atoms with Crippen molar-refractivity contribution in [3.05, 3.63) is 64.7 Å². The molecule has 1 N–H and O–H groups in total. The molecule has 0 aliphatic heterocycles. The molecule has 0 saturated carbocycles. The topological polar surface area (TPSA) is 63.2 Å². The summed E-state index contributed by atoms with van der Waals surface area (Å²) in [6.07, 6.45) is 0. The molecule has 0 heterocycles. The van der Waals surface area contributed by atoms with Crippen LogP contribution < -0.4 is 4.72 Å². The third-order valence-electron chi connectivity index (χ3n) is 3.27. The average molecular weight is 338 g/mol. The zero-order valence-electron chi connectivity index (χ0n) is 12.2. The van der Waals surface area contributed by atoms with E-state index in [2.05, 4.69) is 4.72 Å². The van der Waals surface area contributed by atoms with E-state index in [0.717, 1.165) is 0 Å². The van der Waals surface area contributed by atoms with Gasteiger partial charge in [0.15, 0.2) is 5.78 Å². The van der Waals surface area contributed by atoms with Gasteiger partial charge in [0.2, 0.25) is 10.0 Å². The second-order valence-corrected chi connectivity index (χ2v) is 7.07. The summed E-state index contributed by atoms with van der Waals surface area (Å²) in [6, 6.07) is 12.4. The quantitative estimate of drug-likeness (QED) is 0.848. The SMILES string of the molecule is CC(=O)c1ccc(S(=O)(=O)N[C@H](C)c2ccccc2Cl)cc1. The van der Waals surface area contributed by atoms with E-state index in [9.17, 15) is 13.2 Å². The molecule has 4 nitrogen and oxygen atoms in total. The molecule has 0 bridgehead atoms. The van der Waals surface area contributed by atoms with Gasteiger partial charge < -0.3 is 0 Å². The van der Waals surface area contributed by atoms with E-state index < -0.39 is 16.1 Å². The standard InChI is InChI=1S/C16H16ClNO3S/c1-11(15-5-3-4-6-16(15)17)18-22(20,21)14-9-7-13(8-10-14)12(2)19/h3-11,18H,1-2H3/t11-/m1/s1. The lowest BCUT2D eigenvalue weighted by molar-refractivity contribution is 0.101. The highest BCUT2D eigenvalue weighted by molar-refractivity contribution is 7.89. The molecular weight excluding hydrogens is 322 g/mol. The Labute approximate surface area is 135 Å². The fourth-order valence-electron chi connectivity index (χ4n) is 2.06. The normalized spacial score (nSPS) is 12.9. The molecule has 0 fully saturated rings. The summed E-state index contributed by atoms with van der Waals surface area (Å²) in [6.45, 7) is 3.16. The number of nitrogens with one attached hydrogen (secondary N) is 1. The summed E-state index contributed by atoms with van der Waals surface area (Å²) in [5.41, 5.74) is 1.17. The number of benzene rings is 2. The first kappa shape index (κ1) is 16.7. The molecule has 2 rings (SSSR count). The van der Waals surface area contributed by atoms with Gasteiger partial charge in [-0.1, -0.05) is 41.9 Å². The van der Waals surface area contributed by atoms with Crippen molar-refractivity contribution in [3.8, 4) is 0 Å². The third kappa shape index (κ3) is 3.74. The molecule has 6 heteroatoms. The van der Waals surface area contributed by atoms with Gasteiger partial charge in [0, 0.05) is 16.6 Å².